The van der Waals surface area contributed by atoms with Gasteiger partial charge in [-0.1, -0.05) is 0 Å². The maximum atomic E-state index is 14.3. The first-order chi connectivity index (χ1) is 11.0. The number of nitrogens with zero attached hydrogens (tertiary/aromatic N) is 3. The van der Waals surface area contributed by atoms with Gasteiger partial charge in [-0.15, -0.1) is 0 Å². The Labute approximate surface area is 133 Å². The quantitative estimate of drug-likeness (QED) is 0.363. The van der Waals surface area contributed by atoms with Crippen LogP contribution in [0.15, 0.2) is 0 Å². The number of hydrogen-bond donors (Lipinski definition) is 3. The number of benzene rings is 1. The Morgan fingerprint density at radius 1 is 1.08 bits per heavy atom. The van der Waals surface area contributed by atoms with Gasteiger partial charge in [0.05, 0.1) is 4.92 Å². The van der Waals surface area contributed by atoms with E-state index in [1.165, 1.54) is 0 Å². The zero-order chi connectivity index (χ0) is 18.8. The number of nitro groups is 1. The molecule has 0 amide bonds. The number of rotatable bonds is 7. The summed E-state index contributed by atoms with van der Waals surface area (Å²) in [5.74, 6) is -5.85. The molecule has 4 N–H and O–H groups in total. The normalized spacial score (nSPS) is 10.3. The zero-order valence-corrected chi connectivity index (χ0v) is 12.6. The second-order valence-corrected chi connectivity index (χ2v) is 4.84. The van der Waals surface area contributed by atoms with Crippen LogP contribution in [-0.2, 0) is 9.59 Å². The van der Waals surface area contributed by atoms with Crippen molar-refractivity contribution < 1.29 is 33.5 Å². The molecule has 0 spiro atoms. The highest BCUT2D eigenvalue weighted by Gasteiger charge is 2.35. The molecule has 0 aliphatic rings. The number of carboxylic acids is 2. The summed E-state index contributed by atoms with van der Waals surface area (Å²) in [6.45, 7) is -1.66. The van der Waals surface area contributed by atoms with Gasteiger partial charge >= 0.3 is 17.6 Å². The molecule has 0 fully saturated rings. The number of nitrogens with two attached hydrogens (primary N) is 1. The van der Waals surface area contributed by atoms with Crippen LogP contribution in [0.4, 0.5) is 31.5 Å². The highest BCUT2D eigenvalue weighted by Crippen LogP contribution is 2.44. The number of aliphatic carboxylic acids is 2. The first-order valence-corrected chi connectivity index (χ1v) is 6.29. The fraction of sp³-hybridized carbons (Fsp3) is 0.333. The number of carbonyl (C=O) groups is 2. The second-order valence-electron chi connectivity index (χ2n) is 4.84. The molecule has 10 nitrogen and oxygen atoms in total. The van der Waals surface area contributed by atoms with E-state index in [0.717, 1.165) is 14.1 Å². The van der Waals surface area contributed by atoms with Crippen molar-refractivity contribution in [3.8, 4) is 0 Å². The van der Waals surface area contributed by atoms with Crippen LogP contribution in [0, 0.1) is 21.7 Å². The van der Waals surface area contributed by atoms with Crippen molar-refractivity contribution in [2.75, 3.05) is 42.7 Å². The van der Waals surface area contributed by atoms with Crippen molar-refractivity contribution in [1.82, 2.24) is 0 Å². The van der Waals surface area contributed by atoms with Crippen LogP contribution in [0.1, 0.15) is 0 Å². The number of likely N-dealkylation sites (N-methyl/N-ethyl adjacent to an activating group) is 2. The van der Waals surface area contributed by atoms with Gasteiger partial charge in [-0.25, -0.2) is 8.78 Å². The Morgan fingerprint density at radius 2 is 1.42 bits per heavy atom. The van der Waals surface area contributed by atoms with Gasteiger partial charge in [0.2, 0.25) is 0 Å². The summed E-state index contributed by atoms with van der Waals surface area (Å²) in [7, 11) is 2.08. The number of nitro benzene ring substituents is 1. The predicted octanol–water partition coefficient (Wildman–Crippen LogP) is 0.497. The van der Waals surface area contributed by atoms with Gasteiger partial charge in [-0.3, -0.25) is 19.7 Å². The monoisotopic (exact) mass is 348 g/mol. The van der Waals surface area contributed by atoms with E-state index in [1.807, 2.05) is 0 Å². The molecule has 24 heavy (non-hydrogen) atoms. The third kappa shape index (κ3) is 3.59. The molecule has 0 radical (unpaired) electrons. The molecule has 132 valence electrons. The smallest absolute Gasteiger partial charge is 0.323 e. The van der Waals surface area contributed by atoms with Crippen LogP contribution in [0.5, 0.6) is 0 Å². The highest BCUT2D eigenvalue weighted by atomic mass is 19.1. The Kier molecular flexibility index (Phi) is 5.45. The first-order valence-electron chi connectivity index (χ1n) is 6.29. The summed E-state index contributed by atoms with van der Waals surface area (Å²) >= 11 is 0. The minimum Gasteiger partial charge on any atom is -0.480 e. The molecule has 1 aromatic rings. The van der Waals surface area contributed by atoms with Gasteiger partial charge in [-0.05, 0) is 0 Å². The minimum absolute atomic E-state index is 0.670. The molecule has 0 unspecified atom stereocenters. The number of halogens is 2. The van der Waals surface area contributed by atoms with Crippen LogP contribution in [0.3, 0.4) is 0 Å². The number of nitrogen functional groups attached to an aromatic ring is 1. The van der Waals surface area contributed by atoms with Gasteiger partial charge in [0.25, 0.3) is 0 Å². The lowest BCUT2D eigenvalue weighted by atomic mass is 10.1. The van der Waals surface area contributed by atoms with Crippen molar-refractivity contribution in [1.29, 1.82) is 0 Å². The molecule has 0 atom stereocenters. The lowest BCUT2D eigenvalue weighted by molar-refractivity contribution is -0.383. The summed E-state index contributed by atoms with van der Waals surface area (Å²) in [6.07, 6.45) is 0. The van der Waals surface area contributed by atoms with Crippen LogP contribution in [0.2, 0.25) is 0 Å². The number of carboxylic acid groups (broad SMARTS) is 2. The average Bonchev–Trinajstić information content (AvgIpc) is 2.42. The zero-order valence-electron chi connectivity index (χ0n) is 12.6. The van der Waals surface area contributed by atoms with E-state index in [2.05, 4.69) is 0 Å². The van der Waals surface area contributed by atoms with E-state index in [9.17, 15) is 28.5 Å². The van der Waals surface area contributed by atoms with Crippen LogP contribution in [0.25, 0.3) is 0 Å². The molecule has 1 aromatic carbocycles. The molecule has 0 saturated carbocycles. The minimum atomic E-state index is -1.50. The lowest BCUT2D eigenvalue weighted by Crippen LogP contribution is -2.30. The molecule has 0 aliphatic carbocycles. The van der Waals surface area contributed by atoms with Crippen molar-refractivity contribution in [3.05, 3.63) is 21.7 Å². The number of hydrogen-bond acceptors (Lipinski definition) is 7. The molecular formula is C12H14F2N4O6. The molecule has 0 heterocycles. The number of anilines is 3. The fourth-order valence-corrected chi connectivity index (χ4v) is 2.11. The van der Waals surface area contributed by atoms with E-state index in [1.54, 1.807) is 0 Å². The Balaban J connectivity index is 3.75. The van der Waals surface area contributed by atoms with Gasteiger partial charge in [-0.2, -0.15) is 0 Å². The largest absolute Gasteiger partial charge is 0.480 e. The molecule has 12 heteroatoms. The third-order valence-electron chi connectivity index (χ3n) is 3.03. The maximum Gasteiger partial charge on any atom is 0.323 e. The Bertz CT molecular complexity index is 662. The van der Waals surface area contributed by atoms with Crippen molar-refractivity contribution in [2.45, 2.75) is 0 Å². The highest BCUT2D eigenvalue weighted by molar-refractivity contribution is 5.87. The van der Waals surface area contributed by atoms with Gasteiger partial charge in [0, 0.05) is 14.1 Å². The first kappa shape index (κ1) is 18.9. The second kappa shape index (κ2) is 6.93. The predicted molar refractivity (Wildman–Crippen MR) is 79.2 cm³/mol. The van der Waals surface area contributed by atoms with E-state index >= 15 is 0 Å². The van der Waals surface area contributed by atoms with E-state index in [4.69, 9.17) is 15.9 Å². The van der Waals surface area contributed by atoms with Crippen molar-refractivity contribution >= 4 is 34.7 Å². The summed E-state index contributed by atoms with van der Waals surface area (Å²) in [5.41, 5.74) is 1.36. The van der Waals surface area contributed by atoms with E-state index in [-0.39, 0.29) is 0 Å². The molecule has 1 rings (SSSR count). The third-order valence-corrected chi connectivity index (χ3v) is 3.03. The molecule has 0 aromatic heterocycles. The average molecular weight is 348 g/mol. The van der Waals surface area contributed by atoms with Crippen LogP contribution < -0.4 is 15.5 Å². The van der Waals surface area contributed by atoms with Crippen molar-refractivity contribution in [3.63, 3.8) is 0 Å². The summed E-state index contributed by atoms with van der Waals surface area (Å²) in [5, 5.41) is 28.8. The summed E-state index contributed by atoms with van der Waals surface area (Å²) < 4.78 is 28.5. The summed E-state index contributed by atoms with van der Waals surface area (Å²) in [6, 6.07) is 0. The molecule has 0 saturated heterocycles. The van der Waals surface area contributed by atoms with Gasteiger partial charge in [0.15, 0.2) is 23.0 Å². The van der Waals surface area contributed by atoms with Gasteiger partial charge < -0.3 is 25.7 Å². The summed E-state index contributed by atoms with van der Waals surface area (Å²) in [4.78, 5) is 33.1. The Hall–Kier alpha value is -3.18. The topological polar surface area (TPSA) is 150 Å². The van der Waals surface area contributed by atoms with Crippen LogP contribution in [-0.4, -0.2) is 54.3 Å². The molecular weight excluding hydrogens is 334 g/mol. The maximum absolute atomic E-state index is 14.3. The Morgan fingerprint density at radius 3 is 1.67 bits per heavy atom. The fourth-order valence-electron chi connectivity index (χ4n) is 2.11. The van der Waals surface area contributed by atoms with Crippen molar-refractivity contribution in [2.24, 2.45) is 0 Å². The standard InChI is InChI=1S/C12H14F2N4O6/c1-16(3-5(19)20)10-7(13)9(15)8(14)11(12(10)18(23)24)17(2)4-6(21)22/h3-4,15H2,1-2H3,(H,19,20)(H,21,22). The molecule has 0 aliphatic heterocycles. The SMILES string of the molecule is CN(CC(=O)O)c1c(F)c(N)c(F)c(N(C)CC(=O)O)c1[N+](=O)[O-]. The van der Waals surface area contributed by atoms with Crippen LogP contribution >= 0.6 is 0 Å². The van der Waals surface area contributed by atoms with Gasteiger partial charge in [0.1, 0.15) is 18.8 Å². The molecule has 0 bridgehead atoms. The van der Waals surface area contributed by atoms with E-state index < -0.39 is 64.3 Å². The lowest BCUT2D eigenvalue weighted by Gasteiger charge is -2.24. The van der Waals surface area contributed by atoms with E-state index in [0.29, 0.717) is 9.80 Å².